The Balaban J connectivity index is 2.17. The normalized spacial score (nSPS) is 22.6. The summed E-state index contributed by atoms with van der Waals surface area (Å²) in [5.41, 5.74) is 1.58. The van der Waals surface area contributed by atoms with Crippen molar-refractivity contribution in [1.29, 1.82) is 0 Å². The number of amides is 1. The van der Waals surface area contributed by atoms with E-state index in [-0.39, 0.29) is 10.8 Å². The number of carbonyl (C=O) groups excluding carboxylic acids is 1. The SMILES string of the molecule is CC(C)(C)OC(=O)NCCC1(C)c2c(O)cccc2CCC1(C)C. The molecule has 1 unspecified atom stereocenters. The number of nitrogens with one attached hydrogen (secondary N) is 1. The predicted octanol–water partition coefficient (Wildman–Crippen LogP) is 4.54. The zero-order valence-corrected chi connectivity index (χ0v) is 15.8. The highest BCUT2D eigenvalue weighted by Gasteiger charge is 2.47. The van der Waals surface area contributed by atoms with E-state index in [1.54, 1.807) is 6.07 Å². The van der Waals surface area contributed by atoms with E-state index >= 15 is 0 Å². The van der Waals surface area contributed by atoms with Crippen LogP contribution in [0.1, 0.15) is 65.5 Å². The van der Waals surface area contributed by atoms with Crippen LogP contribution in [0.5, 0.6) is 5.75 Å². The fourth-order valence-corrected chi connectivity index (χ4v) is 3.69. The predicted molar refractivity (Wildman–Crippen MR) is 96.4 cm³/mol. The lowest BCUT2D eigenvalue weighted by Gasteiger charge is -2.49. The molecule has 0 saturated heterocycles. The zero-order chi connectivity index (χ0) is 18.2. The second kappa shape index (κ2) is 6.30. The van der Waals surface area contributed by atoms with Gasteiger partial charge in [-0.05, 0) is 57.1 Å². The van der Waals surface area contributed by atoms with Gasteiger partial charge in [-0.3, -0.25) is 0 Å². The second-order valence-corrected chi connectivity index (χ2v) is 8.71. The molecule has 0 bridgehead atoms. The average Bonchev–Trinajstić information content (AvgIpc) is 2.41. The summed E-state index contributed by atoms with van der Waals surface area (Å²) in [5.74, 6) is 0.361. The molecule has 0 radical (unpaired) electrons. The van der Waals surface area contributed by atoms with Crippen LogP contribution in [-0.2, 0) is 16.6 Å². The second-order valence-electron chi connectivity index (χ2n) is 8.71. The quantitative estimate of drug-likeness (QED) is 0.854. The molecule has 0 heterocycles. The smallest absolute Gasteiger partial charge is 0.407 e. The number of alkyl carbamates (subject to hydrolysis) is 1. The van der Waals surface area contributed by atoms with Crippen molar-refractivity contribution in [3.63, 3.8) is 0 Å². The molecule has 0 aromatic heterocycles. The Morgan fingerprint density at radius 3 is 2.58 bits per heavy atom. The molecule has 2 rings (SSSR count). The number of carbonyl (C=O) groups is 1. The number of ether oxygens (including phenoxy) is 1. The van der Waals surface area contributed by atoms with Gasteiger partial charge < -0.3 is 15.2 Å². The summed E-state index contributed by atoms with van der Waals surface area (Å²) in [6.45, 7) is 12.8. The van der Waals surface area contributed by atoms with Gasteiger partial charge in [0, 0.05) is 17.5 Å². The van der Waals surface area contributed by atoms with Gasteiger partial charge in [0.25, 0.3) is 0 Å². The van der Waals surface area contributed by atoms with E-state index in [0.717, 1.165) is 24.8 Å². The third kappa shape index (κ3) is 3.68. The first kappa shape index (κ1) is 18.6. The highest BCUT2D eigenvalue weighted by molar-refractivity contribution is 5.67. The Morgan fingerprint density at radius 1 is 1.29 bits per heavy atom. The largest absolute Gasteiger partial charge is 0.508 e. The van der Waals surface area contributed by atoms with Gasteiger partial charge in [0.05, 0.1) is 0 Å². The van der Waals surface area contributed by atoms with Gasteiger partial charge in [0.2, 0.25) is 0 Å². The van der Waals surface area contributed by atoms with E-state index in [1.807, 2.05) is 26.8 Å². The molecule has 4 nitrogen and oxygen atoms in total. The van der Waals surface area contributed by atoms with Crippen LogP contribution in [-0.4, -0.2) is 23.3 Å². The summed E-state index contributed by atoms with van der Waals surface area (Å²) in [5, 5.41) is 13.3. The van der Waals surface area contributed by atoms with E-state index in [1.165, 1.54) is 5.56 Å². The summed E-state index contributed by atoms with van der Waals surface area (Å²) in [7, 11) is 0. The van der Waals surface area contributed by atoms with Crippen LogP contribution in [0.4, 0.5) is 4.79 Å². The van der Waals surface area contributed by atoms with Crippen molar-refractivity contribution in [3.8, 4) is 5.75 Å². The van der Waals surface area contributed by atoms with E-state index in [2.05, 4.69) is 32.2 Å². The fraction of sp³-hybridized carbons (Fsp3) is 0.650. The minimum absolute atomic E-state index is 0.0362. The number of aryl methyl sites for hydroxylation is 1. The Kier molecular flexibility index (Phi) is 4.89. The number of phenols is 1. The minimum atomic E-state index is -0.497. The highest BCUT2D eigenvalue weighted by Crippen LogP contribution is 2.54. The van der Waals surface area contributed by atoms with E-state index in [0.29, 0.717) is 12.3 Å². The summed E-state index contributed by atoms with van der Waals surface area (Å²) >= 11 is 0. The lowest BCUT2D eigenvalue weighted by Crippen LogP contribution is -2.46. The molecule has 134 valence electrons. The van der Waals surface area contributed by atoms with Crippen molar-refractivity contribution in [2.45, 2.75) is 71.8 Å². The Labute approximate surface area is 145 Å². The minimum Gasteiger partial charge on any atom is -0.508 e. The number of aromatic hydroxyl groups is 1. The monoisotopic (exact) mass is 333 g/mol. The first-order valence-corrected chi connectivity index (χ1v) is 8.74. The molecule has 0 aliphatic heterocycles. The number of fused-ring (bicyclic) bond motifs is 1. The number of phenolic OH excluding ortho intramolecular Hbond substituents is 1. The number of rotatable bonds is 3. The topological polar surface area (TPSA) is 58.6 Å². The number of benzene rings is 1. The molecular weight excluding hydrogens is 302 g/mol. The Morgan fingerprint density at radius 2 is 1.96 bits per heavy atom. The van der Waals surface area contributed by atoms with Crippen molar-refractivity contribution in [1.82, 2.24) is 5.32 Å². The van der Waals surface area contributed by atoms with Crippen LogP contribution in [0.2, 0.25) is 0 Å². The summed E-state index contributed by atoms with van der Waals surface area (Å²) in [6, 6.07) is 5.77. The molecular formula is C20H31NO3. The van der Waals surface area contributed by atoms with Crippen molar-refractivity contribution < 1.29 is 14.6 Å². The maximum absolute atomic E-state index is 11.9. The third-order valence-electron chi connectivity index (χ3n) is 5.49. The molecule has 0 saturated carbocycles. The molecule has 4 heteroatoms. The average molecular weight is 333 g/mol. The van der Waals surface area contributed by atoms with Gasteiger partial charge in [-0.25, -0.2) is 4.79 Å². The van der Waals surface area contributed by atoms with Gasteiger partial charge in [-0.2, -0.15) is 0 Å². The molecule has 1 aromatic carbocycles. The summed E-state index contributed by atoms with van der Waals surface area (Å²) < 4.78 is 5.31. The van der Waals surface area contributed by atoms with Crippen molar-refractivity contribution in [2.75, 3.05) is 6.54 Å². The summed E-state index contributed by atoms with van der Waals surface area (Å²) in [4.78, 5) is 11.9. The van der Waals surface area contributed by atoms with E-state index in [4.69, 9.17) is 4.74 Å². The van der Waals surface area contributed by atoms with E-state index in [9.17, 15) is 9.90 Å². The lowest BCUT2D eigenvalue weighted by molar-refractivity contribution is 0.0512. The van der Waals surface area contributed by atoms with Crippen molar-refractivity contribution >= 4 is 6.09 Å². The fourth-order valence-electron chi connectivity index (χ4n) is 3.69. The zero-order valence-electron chi connectivity index (χ0n) is 15.8. The van der Waals surface area contributed by atoms with Crippen molar-refractivity contribution in [3.05, 3.63) is 29.3 Å². The Bertz CT molecular complexity index is 616. The van der Waals surface area contributed by atoms with Crippen LogP contribution in [0.15, 0.2) is 18.2 Å². The third-order valence-corrected chi connectivity index (χ3v) is 5.49. The van der Waals surface area contributed by atoms with Crippen LogP contribution in [0, 0.1) is 5.41 Å². The van der Waals surface area contributed by atoms with Crippen LogP contribution < -0.4 is 5.32 Å². The number of hydrogen-bond acceptors (Lipinski definition) is 3. The molecule has 1 aromatic rings. The molecule has 1 aliphatic rings. The van der Waals surface area contributed by atoms with Crippen LogP contribution in [0.3, 0.4) is 0 Å². The Hall–Kier alpha value is -1.71. The summed E-state index contributed by atoms with van der Waals surface area (Å²) in [6.07, 6.45) is 2.40. The molecule has 0 spiro atoms. The van der Waals surface area contributed by atoms with Crippen LogP contribution in [0.25, 0.3) is 0 Å². The van der Waals surface area contributed by atoms with Gasteiger partial charge >= 0.3 is 6.09 Å². The molecule has 1 aliphatic carbocycles. The highest BCUT2D eigenvalue weighted by atomic mass is 16.6. The maximum Gasteiger partial charge on any atom is 0.407 e. The number of hydrogen-bond donors (Lipinski definition) is 2. The van der Waals surface area contributed by atoms with Gasteiger partial charge in [0.15, 0.2) is 0 Å². The maximum atomic E-state index is 11.9. The van der Waals surface area contributed by atoms with Gasteiger partial charge in [-0.15, -0.1) is 0 Å². The van der Waals surface area contributed by atoms with Gasteiger partial charge in [0.1, 0.15) is 11.4 Å². The molecule has 24 heavy (non-hydrogen) atoms. The van der Waals surface area contributed by atoms with Crippen LogP contribution >= 0.6 is 0 Å². The molecule has 1 amide bonds. The molecule has 0 fully saturated rings. The van der Waals surface area contributed by atoms with Crippen molar-refractivity contribution in [2.24, 2.45) is 5.41 Å². The molecule has 1 atom stereocenters. The lowest BCUT2D eigenvalue weighted by atomic mass is 9.55. The molecule has 2 N–H and O–H groups in total. The first-order valence-electron chi connectivity index (χ1n) is 8.74. The van der Waals surface area contributed by atoms with Gasteiger partial charge in [-0.1, -0.05) is 32.9 Å². The van der Waals surface area contributed by atoms with E-state index < -0.39 is 11.7 Å². The standard InChI is InChI=1S/C20H31NO3/c1-18(2,3)24-17(23)21-13-12-20(6)16-14(8-7-9-15(16)22)10-11-19(20,4)5/h7-9,22H,10-13H2,1-6H3,(H,21,23). The first-order chi connectivity index (χ1) is 11.0.